The number of rotatable bonds is 2. The quantitative estimate of drug-likeness (QED) is 0.651. The van der Waals surface area contributed by atoms with Crippen molar-refractivity contribution in [1.82, 2.24) is 19.5 Å². The topological polar surface area (TPSA) is 88.7 Å². The van der Waals surface area contributed by atoms with Gasteiger partial charge in [0, 0.05) is 19.2 Å². The molecule has 1 fully saturated rings. The van der Waals surface area contributed by atoms with Crippen LogP contribution in [0, 0.1) is 13.8 Å². The fourth-order valence-corrected chi connectivity index (χ4v) is 4.52. The third kappa shape index (κ3) is 2.39. The molecule has 1 atom stereocenters. The Balaban J connectivity index is 1.74. The Hall–Kier alpha value is -3.68. The largest absolute Gasteiger partial charge is 0.364 e. The van der Waals surface area contributed by atoms with Crippen LogP contribution in [0.4, 0.5) is 0 Å². The highest BCUT2D eigenvalue weighted by molar-refractivity contribution is 5.98. The van der Waals surface area contributed by atoms with Crippen molar-refractivity contribution in [3.05, 3.63) is 87.2 Å². The van der Waals surface area contributed by atoms with Gasteiger partial charge in [-0.3, -0.25) is 19.0 Å². The van der Waals surface area contributed by atoms with Gasteiger partial charge in [-0.25, -0.2) is 0 Å². The molecule has 3 aromatic rings. The highest BCUT2D eigenvalue weighted by Crippen LogP contribution is 2.43. The second kappa shape index (κ2) is 6.41. The molecule has 2 aliphatic heterocycles. The number of fused-ring (bicyclic) bond motifs is 2. The van der Waals surface area contributed by atoms with E-state index in [0.29, 0.717) is 30.0 Å². The number of carbonyl (C=O) groups excluding carboxylic acids is 2. The number of amides is 2. The average molecular weight is 404 g/mol. The SMILES string of the molecule is Cc1ccc(C23Cn4c(cccc4=O)C(=O)N2CCN3C(=O)c2conc2C)cc1. The van der Waals surface area contributed by atoms with Crippen LogP contribution in [0.2, 0.25) is 0 Å². The zero-order chi connectivity index (χ0) is 21.0. The van der Waals surface area contributed by atoms with Gasteiger partial charge < -0.3 is 14.3 Å². The molecule has 30 heavy (non-hydrogen) atoms. The Bertz CT molecular complexity index is 1230. The lowest BCUT2D eigenvalue weighted by molar-refractivity contribution is -0.00702. The number of pyridine rings is 1. The molecule has 1 saturated heterocycles. The van der Waals surface area contributed by atoms with E-state index in [1.54, 1.807) is 28.9 Å². The molecule has 4 heterocycles. The van der Waals surface area contributed by atoms with Gasteiger partial charge in [-0.15, -0.1) is 0 Å². The third-order valence-corrected chi connectivity index (χ3v) is 6.07. The maximum Gasteiger partial charge on any atom is 0.272 e. The van der Waals surface area contributed by atoms with E-state index in [9.17, 15) is 14.4 Å². The Morgan fingerprint density at radius 2 is 1.83 bits per heavy atom. The van der Waals surface area contributed by atoms with Crippen molar-refractivity contribution in [1.29, 1.82) is 0 Å². The van der Waals surface area contributed by atoms with E-state index in [1.807, 2.05) is 31.2 Å². The van der Waals surface area contributed by atoms with Gasteiger partial charge in [-0.2, -0.15) is 0 Å². The van der Waals surface area contributed by atoms with Crippen LogP contribution in [0.3, 0.4) is 0 Å². The van der Waals surface area contributed by atoms with E-state index in [-0.39, 0.29) is 23.9 Å². The van der Waals surface area contributed by atoms with Crippen LogP contribution in [-0.2, 0) is 12.2 Å². The number of hydrogen-bond acceptors (Lipinski definition) is 5. The molecule has 0 aliphatic carbocycles. The molecule has 0 bridgehead atoms. The van der Waals surface area contributed by atoms with E-state index < -0.39 is 5.66 Å². The van der Waals surface area contributed by atoms with Crippen LogP contribution in [0.25, 0.3) is 0 Å². The van der Waals surface area contributed by atoms with E-state index in [0.717, 1.165) is 11.1 Å². The second-order valence-electron chi connectivity index (χ2n) is 7.75. The highest BCUT2D eigenvalue weighted by Gasteiger charge is 2.56. The van der Waals surface area contributed by atoms with Gasteiger partial charge in [-0.1, -0.05) is 41.1 Å². The predicted octanol–water partition coefficient (Wildman–Crippen LogP) is 1.92. The lowest BCUT2D eigenvalue weighted by Gasteiger charge is -2.47. The zero-order valence-corrected chi connectivity index (χ0v) is 16.7. The summed E-state index contributed by atoms with van der Waals surface area (Å²) in [5, 5.41) is 3.83. The minimum Gasteiger partial charge on any atom is -0.364 e. The molecule has 1 unspecified atom stereocenters. The Labute approximate surface area is 172 Å². The highest BCUT2D eigenvalue weighted by atomic mass is 16.5. The molecular formula is C22H20N4O4. The van der Waals surface area contributed by atoms with Crippen LogP contribution in [0.15, 0.2) is 58.0 Å². The number of benzene rings is 1. The first-order valence-electron chi connectivity index (χ1n) is 9.75. The average Bonchev–Trinajstić information content (AvgIpc) is 3.33. The van der Waals surface area contributed by atoms with Crippen molar-refractivity contribution in [3.8, 4) is 0 Å². The summed E-state index contributed by atoms with van der Waals surface area (Å²) in [6.07, 6.45) is 1.33. The third-order valence-electron chi connectivity index (χ3n) is 6.07. The number of hydrogen-bond donors (Lipinski definition) is 0. The van der Waals surface area contributed by atoms with Gasteiger partial charge in [0.25, 0.3) is 17.4 Å². The van der Waals surface area contributed by atoms with Crippen LogP contribution < -0.4 is 5.56 Å². The van der Waals surface area contributed by atoms with Gasteiger partial charge in [0.2, 0.25) is 0 Å². The molecule has 8 nitrogen and oxygen atoms in total. The van der Waals surface area contributed by atoms with Gasteiger partial charge in [0.15, 0.2) is 5.66 Å². The van der Waals surface area contributed by atoms with Gasteiger partial charge in [-0.05, 0) is 25.5 Å². The molecule has 5 rings (SSSR count). The van der Waals surface area contributed by atoms with Crippen molar-refractivity contribution in [3.63, 3.8) is 0 Å². The van der Waals surface area contributed by atoms with Crippen molar-refractivity contribution < 1.29 is 14.1 Å². The maximum absolute atomic E-state index is 13.5. The van der Waals surface area contributed by atoms with E-state index in [2.05, 4.69) is 5.16 Å². The number of nitrogens with zero attached hydrogens (tertiary/aromatic N) is 4. The molecule has 1 aromatic carbocycles. The van der Waals surface area contributed by atoms with Crippen LogP contribution >= 0.6 is 0 Å². The second-order valence-corrected chi connectivity index (χ2v) is 7.75. The lowest BCUT2D eigenvalue weighted by Crippen LogP contribution is -2.61. The molecular weight excluding hydrogens is 384 g/mol. The maximum atomic E-state index is 13.5. The molecule has 2 amide bonds. The fraction of sp³-hybridized carbons (Fsp3) is 0.273. The summed E-state index contributed by atoms with van der Waals surface area (Å²) in [6.45, 7) is 4.54. The van der Waals surface area contributed by atoms with Crippen molar-refractivity contribution >= 4 is 11.8 Å². The van der Waals surface area contributed by atoms with Gasteiger partial charge in [0.05, 0.1) is 12.2 Å². The Morgan fingerprint density at radius 1 is 1.07 bits per heavy atom. The molecule has 152 valence electrons. The lowest BCUT2D eigenvalue weighted by atomic mass is 9.92. The predicted molar refractivity (Wildman–Crippen MR) is 107 cm³/mol. The fourth-order valence-electron chi connectivity index (χ4n) is 4.52. The minimum atomic E-state index is -1.11. The first-order chi connectivity index (χ1) is 14.4. The first kappa shape index (κ1) is 18.4. The summed E-state index contributed by atoms with van der Waals surface area (Å²) in [4.78, 5) is 43.0. The van der Waals surface area contributed by atoms with Crippen LogP contribution in [0.5, 0.6) is 0 Å². The molecule has 0 radical (unpaired) electrons. The van der Waals surface area contributed by atoms with E-state index in [4.69, 9.17) is 4.52 Å². The smallest absolute Gasteiger partial charge is 0.272 e. The van der Waals surface area contributed by atoms with E-state index in [1.165, 1.54) is 16.9 Å². The summed E-state index contributed by atoms with van der Waals surface area (Å²) < 4.78 is 6.44. The Morgan fingerprint density at radius 3 is 2.53 bits per heavy atom. The molecule has 0 saturated carbocycles. The van der Waals surface area contributed by atoms with Crippen LogP contribution in [-0.4, -0.2) is 44.4 Å². The van der Waals surface area contributed by atoms with Crippen molar-refractivity contribution in [2.24, 2.45) is 0 Å². The van der Waals surface area contributed by atoms with Crippen molar-refractivity contribution in [2.45, 2.75) is 26.1 Å². The summed E-state index contributed by atoms with van der Waals surface area (Å²) in [7, 11) is 0. The van der Waals surface area contributed by atoms with Gasteiger partial charge in [0.1, 0.15) is 17.5 Å². The Kier molecular flexibility index (Phi) is 3.92. The van der Waals surface area contributed by atoms with E-state index >= 15 is 0 Å². The van der Waals surface area contributed by atoms with Gasteiger partial charge >= 0.3 is 0 Å². The minimum absolute atomic E-state index is 0.160. The number of aryl methyl sites for hydroxylation is 2. The van der Waals surface area contributed by atoms with Crippen molar-refractivity contribution in [2.75, 3.05) is 13.1 Å². The summed E-state index contributed by atoms with van der Waals surface area (Å²) >= 11 is 0. The molecule has 8 heteroatoms. The van der Waals surface area contributed by atoms with Crippen LogP contribution in [0.1, 0.15) is 37.7 Å². The number of aromatic nitrogens is 2. The zero-order valence-electron chi connectivity index (χ0n) is 16.7. The summed E-state index contributed by atoms with van der Waals surface area (Å²) in [5.41, 5.74) is 1.63. The summed E-state index contributed by atoms with van der Waals surface area (Å²) in [5.74, 6) is -0.547. The molecule has 0 N–H and O–H groups in total. The molecule has 2 aliphatic rings. The molecule has 0 spiro atoms. The number of carbonyl (C=O) groups is 2. The standard InChI is InChI=1S/C22H20N4O4/c1-14-6-8-16(9-7-14)22-13-24-18(4-3-5-19(24)27)21(29)26(22)11-10-25(22)20(28)17-12-30-23-15(17)2/h3-9,12H,10-11,13H2,1-2H3. The normalized spacial score (nSPS) is 20.3. The monoisotopic (exact) mass is 404 g/mol. The molecule has 2 aromatic heterocycles. The first-order valence-corrected chi connectivity index (χ1v) is 9.75. The summed E-state index contributed by atoms with van der Waals surface area (Å²) in [6, 6.07) is 12.4.